The molecule has 2 aromatic heterocycles. The number of H-pyrrole nitrogens is 1. The molecular formula is C16H14N2O3. The Morgan fingerprint density at radius 2 is 2.14 bits per heavy atom. The fourth-order valence-electron chi connectivity index (χ4n) is 2.15. The van der Waals surface area contributed by atoms with Crippen molar-refractivity contribution in [1.82, 2.24) is 10.3 Å². The van der Waals surface area contributed by atoms with E-state index < -0.39 is 0 Å². The summed E-state index contributed by atoms with van der Waals surface area (Å²) >= 11 is 0. The third kappa shape index (κ3) is 2.72. The van der Waals surface area contributed by atoms with Gasteiger partial charge in [-0.15, -0.1) is 0 Å². The van der Waals surface area contributed by atoms with Gasteiger partial charge in [0.15, 0.2) is 5.76 Å². The molecule has 2 heterocycles. The van der Waals surface area contributed by atoms with Crippen LogP contribution in [0, 0.1) is 6.92 Å². The Balaban J connectivity index is 1.80. The summed E-state index contributed by atoms with van der Waals surface area (Å²) in [4.78, 5) is 26.1. The zero-order chi connectivity index (χ0) is 14.8. The minimum atomic E-state index is -0.252. The average Bonchev–Trinajstić information content (AvgIpc) is 3.00. The molecule has 0 aliphatic carbocycles. The molecule has 0 atom stereocenters. The van der Waals surface area contributed by atoms with Gasteiger partial charge < -0.3 is 14.7 Å². The van der Waals surface area contributed by atoms with Crippen molar-refractivity contribution in [3.8, 4) is 0 Å². The summed E-state index contributed by atoms with van der Waals surface area (Å²) < 4.78 is 5.03. The molecule has 3 aromatic rings. The van der Waals surface area contributed by atoms with Gasteiger partial charge in [-0.05, 0) is 48.2 Å². The van der Waals surface area contributed by atoms with Crippen molar-refractivity contribution in [3.63, 3.8) is 0 Å². The van der Waals surface area contributed by atoms with Gasteiger partial charge in [0.2, 0.25) is 0 Å². The maximum Gasteiger partial charge on any atom is 0.287 e. The molecule has 5 nitrogen and oxygen atoms in total. The lowest BCUT2D eigenvalue weighted by Crippen LogP contribution is -2.22. The normalized spacial score (nSPS) is 10.7. The highest BCUT2D eigenvalue weighted by Crippen LogP contribution is 2.13. The molecule has 0 aliphatic heterocycles. The lowest BCUT2D eigenvalue weighted by molar-refractivity contribution is 0.0923. The topological polar surface area (TPSA) is 75.1 Å². The third-order valence-corrected chi connectivity index (χ3v) is 3.29. The molecule has 21 heavy (non-hydrogen) atoms. The number of aromatic nitrogens is 1. The fourth-order valence-corrected chi connectivity index (χ4v) is 2.15. The smallest absolute Gasteiger partial charge is 0.287 e. The van der Waals surface area contributed by atoms with E-state index in [1.165, 1.54) is 6.26 Å². The number of amides is 1. The number of carbonyl (C=O) groups is 1. The van der Waals surface area contributed by atoms with Crippen LogP contribution in [0.3, 0.4) is 0 Å². The van der Waals surface area contributed by atoms with Gasteiger partial charge in [0.1, 0.15) is 0 Å². The molecule has 0 radical (unpaired) electrons. The quantitative estimate of drug-likeness (QED) is 0.774. The molecule has 5 heteroatoms. The van der Waals surface area contributed by atoms with Crippen LogP contribution in [0.5, 0.6) is 0 Å². The molecule has 0 saturated carbocycles. The minimum absolute atomic E-state index is 0.0821. The maximum absolute atomic E-state index is 11.8. The van der Waals surface area contributed by atoms with Crippen LogP contribution >= 0.6 is 0 Å². The van der Waals surface area contributed by atoms with E-state index in [1.807, 2.05) is 24.3 Å². The van der Waals surface area contributed by atoms with E-state index in [1.54, 1.807) is 19.1 Å². The highest BCUT2D eigenvalue weighted by molar-refractivity contribution is 5.91. The van der Waals surface area contributed by atoms with Crippen LogP contribution in [-0.4, -0.2) is 10.9 Å². The van der Waals surface area contributed by atoms with Crippen LogP contribution < -0.4 is 10.9 Å². The Hall–Kier alpha value is -2.82. The second kappa shape index (κ2) is 5.28. The second-order valence-corrected chi connectivity index (χ2v) is 4.86. The van der Waals surface area contributed by atoms with Crippen molar-refractivity contribution in [2.75, 3.05) is 0 Å². The Bertz CT molecular complexity index is 848. The molecule has 1 amide bonds. The molecular weight excluding hydrogens is 268 g/mol. The van der Waals surface area contributed by atoms with Gasteiger partial charge in [-0.3, -0.25) is 9.59 Å². The molecule has 0 spiro atoms. The number of aryl methyl sites for hydroxylation is 1. The Kier molecular flexibility index (Phi) is 3.31. The summed E-state index contributed by atoms with van der Waals surface area (Å²) in [5.41, 5.74) is 2.32. The monoisotopic (exact) mass is 282 g/mol. The van der Waals surface area contributed by atoms with Crippen molar-refractivity contribution in [1.29, 1.82) is 0 Å². The van der Waals surface area contributed by atoms with E-state index in [9.17, 15) is 9.59 Å². The number of rotatable bonds is 3. The molecule has 1 aromatic carbocycles. The summed E-state index contributed by atoms with van der Waals surface area (Å²) in [5, 5.41) is 3.73. The van der Waals surface area contributed by atoms with E-state index in [2.05, 4.69) is 10.3 Å². The fraction of sp³-hybridized carbons (Fsp3) is 0.125. The number of pyridine rings is 1. The number of hydrogen-bond acceptors (Lipinski definition) is 3. The first-order valence-electron chi connectivity index (χ1n) is 6.58. The van der Waals surface area contributed by atoms with Crippen molar-refractivity contribution in [2.45, 2.75) is 13.5 Å². The van der Waals surface area contributed by atoms with Gasteiger partial charge in [-0.1, -0.05) is 6.07 Å². The van der Waals surface area contributed by atoms with Gasteiger partial charge in [0.25, 0.3) is 11.5 Å². The molecule has 2 N–H and O–H groups in total. The van der Waals surface area contributed by atoms with Crippen LogP contribution in [0.4, 0.5) is 0 Å². The second-order valence-electron chi connectivity index (χ2n) is 4.86. The molecule has 0 bridgehead atoms. The van der Waals surface area contributed by atoms with Crippen LogP contribution in [-0.2, 0) is 6.54 Å². The first-order valence-corrected chi connectivity index (χ1v) is 6.58. The molecule has 106 valence electrons. The molecule has 0 unspecified atom stereocenters. The molecule has 0 aliphatic rings. The lowest BCUT2D eigenvalue weighted by Gasteiger charge is -2.06. The lowest BCUT2D eigenvalue weighted by atomic mass is 10.1. The first kappa shape index (κ1) is 13.2. The summed E-state index contributed by atoms with van der Waals surface area (Å²) in [7, 11) is 0. The van der Waals surface area contributed by atoms with E-state index in [0.29, 0.717) is 12.1 Å². The van der Waals surface area contributed by atoms with Crippen LogP contribution in [0.2, 0.25) is 0 Å². The summed E-state index contributed by atoms with van der Waals surface area (Å²) in [6.07, 6.45) is 1.46. The third-order valence-electron chi connectivity index (χ3n) is 3.29. The predicted octanol–water partition coefficient (Wildman–Crippen LogP) is 2.36. The maximum atomic E-state index is 11.8. The number of hydrogen-bond donors (Lipinski definition) is 2. The first-order chi connectivity index (χ1) is 10.1. The highest BCUT2D eigenvalue weighted by atomic mass is 16.3. The zero-order valence-electron chi connectivity index (χ0n) is 11.5. The number of nitrogens with one attached hydrogen (secondary N) is 2. The van der Waals surface area contributed by atoms with Gasteiger partial charge in [-0.2, -0.15) is 0 Å². The van der Waals surface area contributed by atoms with Gasteiger partial charge in [0, 0.05) is 17.6 Å². The van der Waals surface area contributed by atoms with E-state index >= 15 is 0 Å². The summed E-state index contributed by atoms with van der Waals surface area (Å²) in [6, 6.07) is 10.8. The van der Waals surface area contributed by atoms with Gasteiger partial charge >= 0.3 is 0 Å². The van der Waals surface area contributed by atoms with Crippen molar-refractivity contribution >= 4 is 16.8 Å². The van der Waals surface area contributed by atoms with Crippen molar-refractivity contribution in [2.24, 2.45) is 0 Å². The average molecular weight is 282 g/mol. The van der Waals surface area contributed by atoms with E-state index in [-0.39, 0.29) is 17.2 Å². The molecule has 0 saturated heterocycles. The van der Waals surface area contributed by atoms with Crippen LogP contribution in [0.15, 0.2) is 51.9 Å². The van der Waals surface area contributed by atoms with E-state index in [0.717, 1.165) is 16.5 Å². The Morgan fingerprint density at radius 3 is 2.90 bits per heavy atom. The van der Waals surface area contributed by atoms with Crippen LogP contribution in [0.25, 0.3) is 10.9 Å². The van der Waals surface area contributed by atoms with Crippen molar-refractivity contribution < 1.29 is 9.21 Å². The largest absolute Gasteiger partial charge is 0.459 e. The predicted molar refractivity (Wildman–Crippen MR) is 79.2 cm³/mol. The molecule has 0 fully saturated rings. The summed E-state index contributed by atoms with van der Waals surface area (Å²) in [6.45, 7) is 2.16. The van der Waals surface area contributed by atoms with Gasteiger partial charge in [0.05, 0.1) is 6.26 Å². The number of aromatic amines is 1. The number of fused-ring (bicyclic) bond motifs is 1. The number of furan rings is 1. The standard InChI is InChI=1S/C16H14N2O3/c1-10-7-12-8-11(4-5-13(12)18-15(10)19)9-17-16(20)14-3-2-6-21-14/h2-8H,9H2,1H3,(H,17,20)(H,18,19). The number of carbonyl (C=O) groups excluding carboxylic acids is 1. The van der Waals surface area contributed by atoms with Crippen LogP contribution in [0.1, 0.15) is 21.7 Å². The minimum Gasteiger partial charge on any atom is -0.459 e. The number of benzene rings is 1. The van der Waals surface area contributed by atoms with E-state index in [4.69, 9.17) is 4.42 Å². The zero-order valence-corrected chi connectivity index (χ0v) is 11.5. The summed E-state index contributed by atoms with van der Waals surface area (Å²) in [5.74, 6) is 0.0358. The highest BCUT2D eigenvalue weighted by Gasteiger charge is 2.08. The Labute approximate surface area is 120 Å². The SMILES string of the molecule is Cc1cc2cc(CNC(=O)c3ccco3)ccc2[nH]c1=O. The molecule has 3 rings (SSSR count). The van der Waals surface area contributed by atoms with Crippen molar-refractivity contribution in [3.05, 3.63) is 69.9 Å². The van der Waals surface area contributed by atoms with Gasteiger partial charge in [-0.25, -0.2) is 0 Å². The Morgan fingerprint density at radius 1 is 1.29 bits per heavy atom.